The molecule has 1 nitrogen and oxygen atoms in total. The van der Waals surface area contributed by atoms with Crippen molar-refractivity contribution in [3.05, 3.63) is 47.5 Å². The minimum Gasteiger partial charge on any atom is -0.193 e. The molecule has 0 amide bonds. The van der Waals surface area contributed by atoms with Crippen LogP contribution in [-0.2, 0) is 6.42 Å². The van der Waals surface area contributed by atoms with Gasteiger partial charge >= 0.3 is 0 Å². The van der Waals surface area contributed by atoms with Crippen LogP contribution in [0.3, 0.4) is 0 Å². The van der Waals surface area contributed by atoms with Crippen LogP contribution in [0.15, 0.2) is 36.4 Å². The maximum Gasteiger partial charge on any atom is 0.0908 e. The highest BCUT2D eigenvalue weighted by atomic mass is 14.3. The monoisotopic (exact) mass is 337 g/mol. The van der Waals surface area contributed by atoms with Crippen molar-refractivity contribution in [1.29, 1.82) is 5.26 Å². The molecular formula is C24H35N. The molecule has 0 saturated heterocycles. The summed E-state index contributed by atoms with van der Waals surface area (Å²) in [5, 5.41) is 8.53. The number of hydrogen-bond acceptors (Lipinski definition) is 1. The number of hydrogen-bond donors (Lipinski definition) is 0. The highest BCUT2D eigenvalue weighted by Crippen LogP contribution is 2.37. The molecule has 1 fully saturated rings. The normalized spacial score (nSPS) is 20.6. The first-order chi connectivity index (χ1) is 12.3. The standard InChI is InChI=1S/C24H35N/c1-2-3-4-5-7-10-21-12-16-23(17-13-21)24-18-14-22(15-19-24)11-8-6-9-20-25/h6,9,12-13,16-17,22,24H,2-5,7-8,10-11,14-15,18-19H2,1H3/t22-,24-. The summed E-state index contributed by atoms with van der Waals surface area (Å²) >= 11 is 0. The number of aryl methyl sites for hydroxylation is 1. The first-order valence-electron chi connectivity index (χ1n) is 10.5. The fraction of sp³-hybridized carbons (Fsp3) is 0.625. The Kier molecular flexibility index (Phi) is 9.42. The minimum atomic E-state index is 0.768. The van der Waals surface area contributed by atoms with Gasteiger partial charge in [-0.1, -0.05) is 62.9 Å². The third-order valence-electron chi connectivity index (χ3n) is 5.80. The van der Waals surface area contributed by atoms with E-state index in [1.54, 1.807) is 11.6 Å². The van der Waals surface area contributed by atoms with Crippen molar-refractivity contribution in [2.75, 3.05) is 0 Å². The van der Waals surface area contributed by atoms with Gasteiger partial charge in [0.2, 0.25) is 0 Å². The Hall–Kier alpha value is -1.55. The molecule has 0 spiro atoms. The van der Waals surface area contributed by atoms with E-state index in [0.717, 1.165) is 18.3 Å². The van der Waals surface area contributed by atoms with Crippen molar-refractivity contribution >= 4 is 0 Å². The van der Waals surface area contributed by atoms with E-state index in [1.807, 2.05) is 6.08 Å². The largest absolute Gasteiger partial charge is 0.193 e. The Morgan fingerprint density at radius 2 is 1.72 bits per heavy atom. The van der Waals surface area contributed by atoms with Crippen LogP contribution in [0.5, 0.6) is 0 Å². The van der Waals surface area contributed by atoms with Gasteiger partial charge in [0.1, 0.15) is 0 Å². The smallest absolute Gasteiger partial charge is 0.0908 e. The molecule has 25 heavy (non-hydrogen) atoms. The van der Waals surface area contributed by atoms with Gasteiger partial charge in [-0.05, 0) is 74.3 Å². The Bertz CT molecular complexity index is 526. The van der Waals surface area contributed by atoms with E-state index >= 15 is 0 Å². The lowest BCUT2D eigenvalue weighted by Gasteiger charge is -2.28. The molecule has 1 aromatic rings. The second kappa shape index (κ2) is 11.9. The molecular weight excluding hydrogens is 302 g/mol. The Balaban J connectivity index is 1.69. The molecule has 1 aliphatic carbocycles. The molecule has 0 aromatic heterocycles. The number of allylic oxidation sites excluding steroid dienone is 2. The van der Waals surface area contributed by atoms with Crippen LogP contribution in [0.25, 0.3) is 0 Å². The summed E-state index contributed by atoms with van der Waals surface area (Å²) in [5.41, 5.74) is 3.07. The van der Waals surface area contributed by atoms with Crippen LogP contribution in [0.1, 0.15) is 94.6 Å². The van der Waals surface area contributed by atoms with Gasteiger partial charge in [-0.25, -0.2) is 0 Å². The molecule has 0 radical (unpaired) electrons. The van der Waals surface area contributed by atoms with Crippen molar-refractivity contribution < 1.29 is 0 Å². The molecule has 1 aliphatic rings. The molecule has 2 rings (SSSR count). The number of benzene rings is 1. The fourth-order valence-corrected chi connectivity index (χ4v) is 4.14. The maximum atomic E-state index is 8.53. The Labute approximate surface area is 155 Å². The number of nitriles is 1. The van der Waals surface area contributed by atoms with Gasteiger partial charge < -0.3 is 0 Å². The second-order valence-corrected chi connectivity index (χ2v) is 7.73. The number of unbranched alkanes of at least 4 members (excludes halogenated alkanes) is 4. The molecule has 0 heterocycles. The highest BCUT2D eigenvalue weighted by Gasteiger charge is 2.21. The van der Waals surface area contributed by atoms with Crippen molar-refractivity contribution in [3.8, 4) is 6.07 Å². The highest BCUT2D eigenvalue weighted by molar-refractivity contribution is 5.26. The van der Waals surface area contributed by atoms with Gasteiger partial charge in [0, 0.05) is 6.08 Å². The third-order valence-corrected chi connectivity index (χ3v) is 5.80. The zero-order valence-corrected chi connectivity index (χ0v) is 16.1. The number of rotatable bonds is 10. The first kappa shape index (κ1) is 19.8. The van der Waals surface area contributed by atoms with Gasteiger partial charge in [0.15, 0.2) is 0 Å². The van der Waals surface area contributed by atoms with Gasteiger partial charge in [-0.2, -0.15) is 5.26 Å². The molecule has 0 unspecified atom stereocenters. The van der Waals surface area contributed by atoms with Crippen molar-refractivity contribution in [2.24, 2.45) is 5.92 Å². The Morgan fingerprint density at radius 1 is 1.00 bits per heavy atom. The topological polar surface area (TPSA) is 23.8 Å². The first-order valence-corrected chi connectivity index (χ1v) is 10.5. The molecule has 1 heteroatoms. The minimum absolute atomic E-state index is 0.768. The van der Waals surface area contributed by atoms with Gasteiger partial charge in [-0.3, -0.25) is 0 Å². The lowest BCUT2D eigenvalue weighted by molar-refractivity contribution is 0.312. The van der Waals surface area contributed by atoms with Crippen LogP contribution < -0.4 is 0 Å². The predicted molar refractivity (Wildman–Crippen MR) is 108 cm³/mol. The molecule has 0 aliphatic heterocycles. The van der Waals surface area contributed by atoms with Gasteiger partial charge in [0.25, 0.3) is 0 Å². The molecule has 136 valence electrons. The van der Waals surface area contributed by atoms with Crippen LogP contribution in [0.4, 0.5) is 0 Å². The number of nitrogens with zero attached hydrogens (tertiary/aromatic N) is 1. The summed E-state index contributed by atoms with van der Waals surface area (Å²) in [6.07, 6.45) is 19.4. The van der Waals surface area contributed by atoms with Crippen LogP contribution in [0.2, 0.25) is 0 Å². The van der Waals surface area contributed by atoms with E-state index in [0.29, 0.717) is 0 Å². The SMILES string of the molecule is CCCCCCCc1ccc([C@H]2CC[C@H](CCC=CC#N)CC2)cc1. The third kappa shape index (κ3) is 7.47. The summed E-state index contributed by atoms with van der Waals surface area (Å²) in [7, 11) is 0. The summed E-state index contributed by atoms with van der Waals surface area (Å²) in [4.78, 5) is 0. The quantitative estimate of drug-likeness (QED) is 0.324. The molecule has 0 N–H and O–H groups in total. The predicted octanol–water partition coefficient (Wildman–Crippen LogP) is 7.33. The van der Waals surface area contributed by atoms with E-state index in [9.17, 15) is 0 Å². The second-order valence-electron chi connectivity index (χ2n) is 7.73. The summed E-state index contributed by atoms with van der Waals surface area (Å²) in [6, 6.07) is 11.6. The fourth-order valence-electron chi connectivity index (χ4n) is 4.14. The zero-order valence-electron chi connectivity index (χ0n) is 16.1. The van der Waals surface area contributed by atoms with Crippen molar-refractivity contribution in [1.82, 2.24) is 0 Å². The van der Waals surface area contributed by atoms with Crippen LogP contribution in [-0.4, -0.2) is 0 Å². The summed E-state index contributed by atoms with van der Waals surface area (Å²) < 4.78 is 0. The zero-order chi connectivity index (χ0) is 17.7. The Morgan fingerprint density at radius 3 is 2.40 bits per heavy atom. The van der Waals surface area contributed by atoms with E-state index in [4.69, 9.17) is 5.26 Å². The van der Waals surface area contributed by atoms with E-state index in [-0.39, 0.29) is 0 Å². The lowest BCUT2D eigenvalue weighted by atomic mass is 9.77. The molecule has 1 aromatic carbocycles. The molecule has 0 atom stereocenters. The maximum absolute atomic E-state index is 8.53. The summed E-state index contributed by atoms with van der Waals surface area (Å²) in [5.74, 6) is 1.63. The lowest BCUT2D eigenvalue weighted by Crippen LogP contribution is -2.13. The summed E-state index contributed by atoms with van der Waals surface area (Å²) in [6.45, 7) is 2.28. The average molecular weight is 338 g/mol. The van der Waals surface area contributed by atoms with E-state index in [1.165, 1.54) is 76.2 Å². The van der Waals surface area contributed by atoms with Crippen molar-refractivity contribution in [3.63, 3.8) is 0 Å². The molecule has 0 bridgehead atoms. The van der Waals surface area contributed by atoms with Crippen molar-refractivity contribution in [2.45, 2.75) is 89.9 Å². The van der Waals surface area contributed by atoms with Gasteiger partial charge in [0.05, 0.1) is 6.07 Å². The van der Waals surface area contributed by atoms with Crippen LogP contribution in [0, 0.1) is 17.2 Å². The van der Waals surface area contributed by atoms with Crippen LogP contribution >= 0.6 is 0 Å². The van der Waals surface area contributed by atoms with E-state index in [2.05, 4.69) is 37.3 Å². The van der Waals surface area contributed by atoms with Gasteiger partial charge in [-0.15, -0.1) is 0 Å². The van der Waals surface area contributed by atoms with E-state index < -0.39 is 0 Å². The molecule has 1 saturated carbocycles. The average Bonchev–Trinajstić information content (AvgIpc) is 2.66.